The molecule has 1 heterocycles. The third-order valence-electron chi connectivity index (χ3n) is 3.18. The summed E-state index contributed by atoms with van der Waals surface area (Å²) in [6.07, 6.45) is 1.23. The zero-order valence-corrected chi connectivity index (χ0v) is 10.6. The van der Waals surface area contributed by atoms with Crippen molar-refractivity contribution in [3.05, 3.63) is 34.3 Å². The summed E-state index contributed by atoms with van der Waals surface area (Å²) in [7, 11) is 0. The lowest BCUT2D eigenvalue weighted by Crippen LogP contribution is -2.42. The van der Waals surface area contributed by atoms with Gasteiger partial charge >= 0.3 is 0 Å². The number of carbonyl (C=O) groups excluding carboxylic acids is 1. The first-order chi connectivity index (χ1) is 8.09. The monoisotopic (exact) mass is 253 g/mol. The molecule has 0 aromatic heterocycles. The Hall–Kier alpha value is -1.06. The van der Waals surface area contributed by atoms with Crippen LogP contribution < -0.4 is 0 Å². The molecule has 1 saturated heterocycles. The number of piperidine rings is 1. The molecule has 0 unspecified atom stereocenters. The fourth-order valence-electron chi connectivity index (χ4n) is 2.15. The molecular formula is C13H16ClNO2. The fraction of sp³-hybridized carbons (Fsp3) is 0.462. The van der Waals surface area contributed by atoms with Gasteiger partial charge in [0, 0.05) is 23.7 Å². The summed E-state index contributed by atoms with van der Waals surface area (Å²) in [6, 6.07) is 5.34. The molecule has 0 bridgehead atoms. The van der Waals surface area contributed by atoms with Crippen molar-refractivity contribution < 1.29 is 9.90 Å². The normalized spacial score (nSPS) is 20.4. The van der Waals surface area contributed by atoms with E-state index in [4.69, 9.17) is 11.6 Å². The van der Waals surface area contributed by atoms with E-state index in [1.165, 1.54) is 0 Å². The highest BCUT2D eigenvalue weighted by Crippen LogP contribution is 2.21. The Labute approximate surface area is 106 Å². The summed E-state index contributed by atoms with van der Waals surface area (Å²) in [5.74, 6) is -0.0382. The lowest BCUT2D eigenvalue weighted by Gasteiger charge is -2.30. The van der Waals surface area contributed by atoms with Crippen molar-refractivity contribution in [2.75, 3.05) is 13.1 Å². The van der Waals surface area contributed by atoms with E-state index in [1.54, 1.807) is 23.1 Å². The average molecular weight is 254 g/mol. The van der Waals surface area contributed by atoms with Gasteiger partial charge < -0.3 is 10.0 Å². The first-order valence-corrected chi connectivity index (χ1v) is 6.20. The molecule has 1 N–H and O–H groups in total. The molecule has 0 radical (unpaired) electrons. The maximum atomic E-state index is 12.3. The van der Waals surface area contributed by atoms with E-state index in [0.717, 1.165) is 18.4 Å². The van der Waals surface area contributed by atoms with E-state index in [0.29, 0.717) is 23.7 Å². The number of aliphatic hydroxyl groups is 1. The van der Waals surface area contributed by atoms with Crippen molar-refractivity contribution in [1.82, 2.24) is 4.90 Å². The van der Waals surface area contributed by atoms with Crippen LogP contribution >= 0.6 is 11.6 Å². The van der Waals surface area contributed by atoms with Gasteiger partial charge in [0.25, 0.3) is 5.91 Å². The molecule has 4 heteroatoms. The standard InChI is InChI=1S/C13H16ClNO2/c1-9-11(5-2-6-12(9)14)13(17)15-7-3-4-10(16)8-15/h2,5-6,10,16H,3-4,7-8H2,1H3/t10-/m0/s1. The van der Waals surface area contributed by atoms with Crippen LogP contribution in [-0.2, 0) is 0 Å². The Morgan fingerprint density at radius 3 is 3.00 bits per heavy atom. The molecule has 1 atom stereocenters. The Morgan fingerprint density at radius 1 is 1.53 bits per heavy atom. The van der Waals surface area contributed by atoms with Crippen molar-refractivity contribution in [3.63, 3.8) is 0 Å². The van der Waals surface area contributed by atoms with Crippen molar-refractivity contribution in [2.24, 2.45) is 0 Å². The second kappa shape index (κ2) is 5.07. The predicted octanol–water partition coefficient (Wildman–Crippen LogP) is 2.25. The maximum Gasteiger partial charge on any atom is 0.254 e. The molecule has 17 heavy (non-hydrogen) atoms. The summed E-state index contributed by atoms with van der Waals surface area (Å²) in [4.78, 5) is 14.0. The number of halogens is 1. The number of likely N-dealkylation sites (tertiary alicyclic amines) is 1. The Bertz CT molecular complexity index is 433. The third kappa shape index (κ3) is 2.61. The highest BCUT2D eigenvalue weighted by Gasteiger charge is 2.24. The minimum absolute atomic E-state index is 0.0382. The van der Waals surface area contributed by atoms with Gasteiger partial charge in [-0.1, -0.05) is 17.7 Å². The summed E-state index contributed by atoms with van der Waals surface area (Å²) >= 11 is 6.01. The number of rotatable bonds is 1. The number of nitrogens with zero attached hydrogens (tertiary/aromatic N) is 1. The topological polar surface area (TPSA) is 40.5 Å². The predicted molar refractivity (Wildman–Crippen MR) is 67.3 cm³/mol. The molecule has 0 aliphatic carbocycles. The zero-order valence-electron chi connectivity index (χ0n) is 9.82. The number of benzene rings is 1. The highest BCUT2D eigenvalue weighted by atomic mass is 35.5. The van der Waals surface area contributed by atoms with Crippen LogP contribution in [0, 0.1) is 6.92 Å². The first kappa shape index (κ1) is 12.4. The van der Waals surface area contributed by atoms with Gasteiger partial charge in [-0.25, -0.2) is 0 Å². The lowest BCUT2D eigenvalue weighted by atomic mass is 10.0. The second-order valence-electron chi connectivity index (χ2n) is 4.46. The number of amides is 1. The number of hydrogen-bond acceptors (Lipinski definition) is 2. The Balaban J connectivity index is 2.22. The second-order valence-corrected chi connectivity index (χ2v) is 4.87. The minimum Gasteiger partial charge on any atom is -0.391 e. The summed E-state index contributed by atoms with van der Waals surface area (Å²) in [5.41, 5.74) is 1.44. The van der Waals surface area contributed by atoms with Crippen LogP contribution in [0.3, 0.4) is 0 Å². The molecule has 1 aromatic rings. The van der Waals surface area contributed by atoms with Gasteiger partial charge in [0.05, 0.1) is 6.10 Å². The van der Waals surface area contributed by atoms with E-state index in [1.807, 2.05) is 6.92 Å². The van der Waals surface area contributed by atoms with Gasteiger partial charge in [-0.05, 0) is 37.5 Å². The molecule has 0 saturated carbocycles. The molecule has 1 aliphatic rings. The molecule has 1 aliphatic heterocycles. The van der Waals surface area contributed by atoms with Gasteiger partial charge in [0.15, 0.2) is 0 Å². The average Bonchev–Trinajstić information content (AvgIpc) is 2.32. The molecular weight excluding hydrogens is 238 g/mol. The van der Waals surface area contributed by atoms with Crippen molar-refractivity contribution in [1.29, 1.82) is 0 Å². The van der Waals surface area contributed by atoms with Crippen LogP contribution in [0.5, 0.6) is 0 Å². The van der Waals surface area contributed by atoms with E-state index in [-0.39, 0.29) is 5.91 Å². The maximum absolute atomic E-state index is 12.3. The van der Waals surface area contributed by atoms with Crippen LogP contribution in [0.1, 0.15) is 28.8 Å². The quantitative estimate of drug-likeness (QED) is 0.834. The smallest absolute Gasteiger partial charge is 0.254 e. The number of hydrogen-bond donors (Lipinski definition) is 1. The first-order valence-electron chi connectivity index (χ1n) is 5.82. The van der Waals surface area contributed by atoms with Gasteiger partial charge in [-0.2, -0.15) is 0 Å². The van der Waals surface area contributed by atoms with Gasteiger partial charge in [-0.3, -0.25) is 4.79 Å². The SMILES string of the molecule is Cc1c(Cl)cccc1C(=O)N1CCC[C@H](O)C1. The minimum atomic E-state index is -0.396. The largest absolute Gasteiger partial charge is 0.391 e. The van der Waals surface area contributed by atoms with Gasteiger partial charge in [0.1, 0.15) is 0 Å². The highest BCUT2D eigenvalue weighted by molar-refractivity contribution is 6.31. The number of carbonyl (C=O) groups is 1. The Morgan fingerprint density at radius 2 is 2.29 bits per heavy atom. The van der Waals surface area contributed by atoms with E-state index in [2.05, 4.69) is 0 Å². The van der Waals surface area contributed by atoms with E-state index >= 15 is 0 Å². The fourth-order valence-corrected chi connectivity index (χ4v) is 2.32. The van der Waals surface area contributed by atoms with Gasteiger partial charge in [0.2, 0.25) is 0 Å². The summed E-state index contributed by atoms with van der Waals surface area (Å²) in [5, 5.41) is 10.2. The van der Waals surface area contributed by atoms with Crippen LogP contribution in [0.2, 0.25) is 5.02 Å². The zero-order chi connectivity index (χ0) is 12.4. The Kier molecular flexibility index (Phi) is 3.69. The van der Waals surface area contributed by atoms with Crippen molar-refractivity contribution in [3.8, 4) is 0 Å². The van der Waals surface area contributed by atoms with Crippen LogP contribution in [0.15, 0.2) is 18.2 Å². The molecule has 92 valence electrons. The van der Waals surface area contributed by atoms with E-state index < -0.39 is 6.10 Å². The lowest BCUT2D eigenvalue weighted by molar-refractivity contribution is 0.0473. The third-order valence-corrected chi connectivity index (χ3v) is 3.59. The van der Waals surface area contributed by atoms with Crippen molar-refractivity contribution in [2.45, 2.75) is 25.9 Å². The molecule has 1 fully saturated rings. The van der Waals surface area contributed by atoms with Crippen LogP contribution in [0.25, 0.3) is 0 Å². The van der Waals surface area contributed by atoms with Gasteiger partial charge in [-0.15, -0.1) is 0 Å². The number of aliphatic hydroxyl groups excluding tert-OH is 1. The van der Waals surface area contributed by atoms with E-state index in [9.17, 15) is 9.90 Å². The molecule has 2 rings (SSSR count). The molecule has 0 spiro atoms. The summed E-state index contributed by atoms with van der Waals surface area (Å²) < 4.78 is 0. The molecule has 1 aromatic carbocycles. The van der Waals surface area contributed by atoms with Crippen LogP contribution in [0.4, 0.5) is 0 Å². The summed E-state index contributed by atoms with van der Waals surface area (Å²) in [6.45, 7) is 2.97. The van der Waals surface area contributed by atoms with Crippen molar-refractivity contribution >= 4 is 17.5 Å². The molecule has 3 nitrogen and oxygen atoms in total. The van der Waals surface area contributed by atoms with Crippen LogP contribution in [-0.4, -0.2) is 35.1 Å². The molecule has 1 amide bonds. The number of β-amino-alcohol motifs (C(OH)–C–C–N with tert-alkyl or cyclic N) is 1.